The minimum Gasteiger partial charge on any atom is -0.493 e. The number of benzene rings is 2. The molecule has 2 rings (SSSR count). The molecule has 0 aliphatic heterocycles. The highest BCUT2D eigenvalue weighted by molar-refractivity contribution is 6.00. The fraction of sp³-hybridized carbons (Fsp3) is 0.683. The van der Waals surface area contributed by atoms with Crippen LogP contribution >= 0.6 is 0 Å². The Bertz CT molecular complexity index is 1230. The molecule has 0 aliphatic rings. The van der Waals surface area contributed by atoms with Crippen molar-refractivity contribution in [3.8, 4) is 34.5 Å². The summed E-state index contributed by atoms with van der Waals surface area (Å²) in [5.74, 6) is 3.61. The van der Waals surface area contributed by atoms with Gasteiger partial charge >= 0.3 is 0 Å². The van der Waals surface area contributed by atoms with Crippen molar-refractivity contribution in [3.63, 3.8) is 0 Å². The molecule has 0 bridgehead atoms. The summed E-state index contributed by atoms with van der Waals surface area (Å²) in [6, 6.07) is 7.63. The van der Waals surface area contributed by atoms with E-state index in [0.717, 1.165) is 69.8 Å². The third-order valence-electron chi connectivity index (χ3n) is 8.39. The van der Waals surface area contributed by atoms with E-state index in [9.17, 15) is 4.79 Å². The molecule has 7 nitrogen and oxygen atoms in total. The summed E-state index contributed by atoms with van der Waals surface area (Å²) >= 11 is 0. The van der Waals surface area contributed by atoms with E-state index in [-0.39, 0.29) is 42.7 Å². The summed E-state index contributed by atoms with van der Waals surface area (Å²) < 4.78 is 38.0. The van der Waals surface area contributed by atoms with Crippen LogP contribution in [0.4, 0.5) is 0 Å². The fourth-order valence-corrected chi connectivity index (χ4v) is 6.03. The molecule has 0 N–H and O–H groups in total. The number of ketones is 1. The molecule has 5 unspecified atom stereocenters. The van der Waals surface area contributed by atoms with Crippen molar-refractivity contribution in [1.29, 1.82) is 0 Å². The van der Waals surface area contributed by atoms with E-state index in [1.165, 1.54) is 0 Å². The lowest BCUT2D eigenvalue weighted by Crippen LogP contribution is -2.19. The minimum absolute atomic E-state index is 0.000211. The van der Waals surface area contributed by atoms with Crippen LogP contribution in [0, 0.1) is 0 Å². The molecule has 0 fully saturated rings. The van der Waals surface area contributed by atoms with E-state index in [0.29, 0.717) is 46.5 Å². The Labute approximate surface area is 292 Å². The summed E-state index contributed by atoms with van der Waals surface area (Å²) in [5.41, 5.74) is 1.36. The van der Waals surface area contributed by atoms with Crippen LogP contribution < -0.4 is 28.4 Å². The van der Waals surface area contributed by atoms with Gasteiger partial charge in [0.1, 0.15) is 11.5 Å². The molecule has 272 valence electrons. The summed E-state index contributed by atoms with van der Waals surface area (Å²) in [7, 11) is 1.65. The number of carbonyl (C=O) groups excluding carboxylic acids is 1. The number of aryl methyl sites for hydroxylation is 1. The average molecular weight is 671 g/mol. The Hall–Kier alpha value is -3.09. The molecule has 48 heavy (non-hydrogen) atoms. The number of hydrogen-bond donors (Lipinski definition) is 0. The second-order valence-corrected chi connectivity index (χ2v) is 13.4. The molecule has 0 aliphatic carbocycles. The molecule has 0 amide bonds. The Balaban J connectivity index is 2.62. The number of carbonyl (C=O) groups is 1. The number of rotatable bonds is 25. The van der Waals surface area contributed by atoms with E-state index in [1.54, 1.807) is 7.11 Å². The topological polar surface area (TPSA) is 72.5 Å². The van der Waals surface area contributed by atoms with Crippen LogP contribution in [-0.4, -0.2) is 43.4 Å². The van der Waals surface area contributed by atoms with E-state index in [4.69, 9.17) is 28.4 Å². The first-order valence-corrected chi connectivity index (χ1v) is 18.7. The Morgan fingerprint density at radius 3 is 1.44 bits per heavy atom. The summed E-state index contributed by atoms with van der Waals surface area (Å²) in [5, 5.41) is 0. The number of Topliss-reactive ketones (excluding diaryl/α,β-unsaturated/α-hetero) is 1. The maximum absolute atomic E-state index is 14.3. The van der Waals surface area contributed by atoms with Crippen LogP contribution in [0.3, 0.4) is 0 Å². The molecule has 5 atom stereocenters. The Kier molecular flexibility index (Phi) is 18.7. The van der Waals surface area contributed by atoms with Crippen molar-refractivity contribution in [3.05, 3.63) is 35.4 Å². The average Bonchev–Trinajstić information content (AvgIpc) is 3.02. The lowest BCUT2D eigenvalue weighted by atomic mass is 9.99. The quantitative estimate of drug-likeness (QED) is 0.0973. The van der Waals surface area contributed by atoms with Crippen molar-refractivity contribution in [2.75, 3.05) is 7.11 Å². The van der Waals surface area contributed by atoms with Gasteiger partial charge in [-0.15, -0.1) is 0 Å². The second-order valence-electron chi connectivity index (χ2n) is 13.4. The third kappa shape index (κ3) is 13.4. The van der Waals surface area contributed by atoms with Crippen molar-refractivity contribution >= 4 is 5.78 Å². The Morgan fingerprint density at radius 1 is 0.542 bits per heavy atom. The van der Waals surface area contributed by atoms with Crippen LogP contribution in [0.2, 0.25) is 0 Å². The molecule has 0 radical (unpaired) electrons. The van der Waals surface area contributed by atoms with Crippen LogP contribution in [0.5, 0.6) is 34.5 Å². The van der Waals surface area contributed by atoms with Crippen molar-refractivity contribution in [2.24, 2.45) is 0 Å². The van der Waals surface area contributed by atoms with Gasteiger partial charge in [-0.2, -0.15) is 0 Å². The predicted octanol–water partition coefficient (Wildman–Crippen LogP) is 11.3. The lowest BCUT2D eigenvalue weighted by Gasteiger charge is -2.24. The van der Waals surface area contributed by atoms with Gasteiger partial charge in [-0.3, -0.25) is 4.79 Å². The molecular formula is C41H66O7. The molecule has 0 spiro atoms. The number of ether oxygens (including phenoxy) is 6. The zero-order chi connectivity index (χ0) is 35.6. The molecule has 0 heterocycles. The first kappa shape index (κ1) is 41.1. The maximum atomic E-state index is 14.3. The maximum Gasteiger partial charge on any atom is 0.172 e. The monoisotopic (exact) mass is 670 g/mol. The predicted molar refractivity (Wildman–Crippen MR) is 197 cm³/mol. The normalized spacial score (nSPS) is 14.4. The first-order chi connectivity index (χ1) is 23.0. The van der Waals surface area contributed by atoms with Gasteiger partial charge in [0, 0.05) is 24.1 Å². The second kappa shape index (κ2) is 21.8. The highest BCUT2D eigenvalue weighted by Gasteiger charge is 2.25. The zero-order valence-corrected chi connectivity index (χ0v) is 32.0. The van der Waals surface area contributed by atoms with E-state index < -0.39 is 0 Å². The summed E-state index contributed by atoms with van der Waals surface area (Å²) in [6.07, 6.45) is 10.1. The third-order valence-corrected chi connectivity index (χ3v) is 8.39. The highest BCUT2D eigenvalue weighted by Crippen LogP contribution is 2.41. The fourth-order valence-electron chi connectivity index (χ4n) is 6.03. The molecule has 2 aromatic carbocycles. The standard InChI is InChI=1S/C41H66O7/c1-12-17-28(6)44-34-24-33(40(38(26-34)43-11)47-31(9)20-15-4)22-23-37(42)36-25-35(45-29(7)18-13-2)27-39(46-30(8)19-14-3)41(36)48-32(10)21-16-5/h24-32H,12-23H2,1-11H3. The largest absolute Gasteiger partial charge is 0.493 e. The molecule has 0 saturated heterocycles. The minimum atomic E-state index is -0.0839. The summed E-state index contributed by atoms with van der Waals surface area (Å²) in [4.78, 5) is 14.3. The molecular weight excluding hydrogens is 604 g/mol. The SMILES string of the molecule is CCCC(C)Oc1cc(CCC(=O)c2cc(OC(C)CCC)cc(OC(C)CCC)c2OC(C)CCC)c(OC(C)CCC)c(OC)c1. The molecule has 2 aromatic rings. The van der Waals surface area contributed by atoms with Gasteiger partial charge in [0.15, 0.2) is 28.8 Å². The van der Waals surface area contributed by atoms with Gasteiger partial charge < -0.3 is 28.4 Å². The van der Waals surface area contributed by atoms with Gasteiger partial charge in [0.05, 0.1) is 43.2 Å². The highest BCUT2D eigenvalue weighted by atomic mass is 16.5. The van der Waals surface area contributed by atoms with Gasteiger partial charge in [0.2, 0.25) is 0 Å². The van der Waals surface area contributed by atoms with Gasteiger partial charge in [0.25, 0.3) is 0 Å². The van der Waals surface area contributed by atoms with Crippen LogP contribution in [-0.2, 0) is 6.42 Å². The lowest BCUT2D eigenvalue weighted by molar-refractivity contribution is 0.0970. The number of hydrogen-bond acceptors (Lipinski definition) is 7. The van der Waals surface area contributed by atoms with Crippen LogP contribution in [0.1, 0.15) is 156 Å². The van der Waals surface area contributed by atoms with Crippen molar-refractivity contribution in [1.82, 2.24) is 0 Å². The zero-order valence-electron chi connectivity index (χ0n) is 32.0. The first-order valence-electron chi connectivity index (χ1n) is 18.7. The summed E-state index contributed by atoms with van der Waals surface area (Å²) in [6.45, 7) is 21.0. The van der Waals surface area contributed by atoms with E-state index in [1.807, 2.05) is 31.2 Å². The van der Waals surface area contributed by atoms with Gasteiger partial charge in [-0.05, 0) is 85.3 Å². The molecule has 0 saturated carbocycles. The smallest absolute Gasteiger partial charge is 0.172 e. The van der Waals surface area contributed by atoms with Crippen LogP contribution in [0.25, 0.3) is 0 Å². The van der Waals surface area contributed by atoms with E-state index >= 15 is 0 Å². The van der Waals surface area contributed by atoms with Gasteiger partial charge in [-0.25, -0.2) is 0 Å². The Morgan fingerprint density at radius 2 is 0.958 bits per heavy atom. The van der Waals surface area contributed by atoms with Crippen molar-refractivity contribution < 1.29 is 33.2 Å². The molecule has 0 aromatic heterocycles. The van der Waals surface area contributed by atoms with E-state index in [2.05, 4.69) is 62.3 Å². The number of methoxy groups -OCH3 is 1. The molecule has 7 heteroatoms. The van der Waals surface area contributed by atoms with Gasteiger partial charge in [-0.1, -0.05) is 66.7 Å². The van der Waals surface area contributed by atoms with Crippen LogP contribution in [0.15, 0.2) is 24.3 Å². The van der Waals surface area contributed by atoms with Crippen molar-refractivity contribution in [2.45, 2.75) is 177 Å².